The van der Waals surface area contributed by atoms with Gasteiger partial charge in [-0.15, -0.1) is 0 Å². The highest BCUT2D eigenvalue weighted by Crippen LogP contribution is 2.47. The molecule has 12 nitrogen and oxygen atoms in total. The van der Waals surface area contributed by atoms with Crippen LogP contribution in [0.25, 0.3) is 0 Å². The van der Waals surface area contributed by atoms with E-state index in [-0.39, 0.29) is 13.0 Å². The number of carbonyl (C=O) groups excluding carboxylic acids is 1. The number of phosphoric acid groups is 1. The van der Waals surface area contributed by atoms with Crippen LogP contribution >= 0.6 is 7.82 Å². The van der Waals surface area contributed by atoms with Crippen molar-refractivity contribution in [1.29, 1.82) is 0 Å². The van der Waals surface area contributed by atoms with E-state index in [4.69, 9.17) is 18.5 Å². The van der Waals surface area contributed by atoms with Crippen LogP contribution in [0.2, 0.25) is 0 Å². The molecule has 13 heteroatoms. The first-order valence-corrected chi connectivity index (χ1v) is 28.9. The van der Waals surface area contributed by atoms with Gasteiger partial charge in [0.1, 0.15) is 42.7 Å². The van der Waals surface area contributed by atoms with E-state index in [0.717, 1.165) is 51.4 Å². The predicted molar refractivity (Wildman–Crippen MR) is 285 cm³/mol. The first-order valence-electron chi connectivity index (χ1n) is 27.4. The number of rotatable bonds is 46. The average molecular weight is 1010 g/mol. The van der Waals surface area contributed by atoms with E-state index >= 15 is 0 Å². The third kappa shape index (κ3) is 37.3. The van der Waals surface area contributed by atoms with Crippen LogP contribution < -0.4 is 0 Å². The van der Waals surface area contributed by atoms with Crippen molar-refractivity contribution in [2.75, 3.05) is 19.8 Å². The maximum atomic E-state index is 12.9. The van der Waals surface area contributed by atoms with Crippen molar-refractivity contribution in [3.05, 3.63) is 85.1 Å². The number of carbonyl (C=O) groups is 1. The molecule has 1 rings (SSSR count). The van der Waals surface area contributed by atoms with Crippen LogP contribution in [0.5, 0.6) is 0 Å². The first kappa shape index (κ1) is 65.5. The summed E-state index contributed by atoms with van der Waals surface area (Å²) in [6.07, 6.45) is 51.0. The highest BCUT2D eigenvalue weighted by atomic mass is 31.2. The zero-order valence-electron chi connectivity index (χ0n) is 43.5. The zero-order chi connectivity index (χ0) is 51.2. The fraction of sp³-hybridized carbons (Fsp3) is 0.737. The smallest absolute Gasteiger partial charge is 0.457 e. The Morgan fingerprint density at radius 2 is 0.843 bits per heavy atom. The van der Waals surface area contributed by atoms with Crippen LogP contribution in [0.4, 0.5) is 0 Å². The van der Waals surface area contributed by atoms with Crippen molar-refractivity contribution in [3.63, 3.8) is 0 Å². The van der Waals surface area contributed by atoms with Gasteiger partial charge < -0.3 is 39.9 Å². The van der Waals surface area contributed by atoms with Gasteiger partial charge in [0.25, 0.3) is 0 Å². The van der Waals surface area contributed by atoms with Gasteiger partial charge >= 0.3 is 13.8 Å². The molecule has 0 aliphatic heterocycles. The molecule has 0 amide bonds. The van der Waals surface area contributed by atoms with Crippen molar-refractivity contribution >= 4 is 13.8 Å². The van der Waals surface area contributed by atoms with E-state index in [2.05, 4.69) is 86.8 Å². The van der Waals surface area contributed by atoms with Gasteiger partial charge in [-0.25, -0.2) is 4.57 Å². The van der Waals surface area contributed by atoms with Gasteiger partial charge in [0.2, 0.25) is 0 Å². The molecule has 0 radical (unpaired) electrons. The molecule has 0 saturated heterocycles. The van der Waals surface area contributed by atoms with Crippen LogP contribution in [-0.4, -0.2) is 98.9 Å². The number of hydrogen-bond donors (Lipinski definition) is 6. The summed E-state index contributed by atoms with van der Waals surface area (Å²) in [6.45, 7) is 4.08. The lowest BCUT2D eigenvalue weighted by Crippen LogP contribution is -2.64. The lowest BCUT2D eigenvalue weighted by molar-refractivity contribution is -0.220. The minimum Gasteiger partial charge on any atom is -0.457 e. The molecule has 6 atom stereocenters. The standard InChI is InChI=1S/C57H99O12P/c1-3-5-7-9-11-13-15-17-19-21-23-24-25-26-27-29-31-33-35-37-39-41-43-45-47-66-48-50(49-67-70(64,65)69-57-55(62)53(60)52(59)54(61)56(57)63)68-51(58)46-44-42-40-38-36-34-32-30-28-22-20-18-16-14-12-10-8-6-4-2/h6,8,12,14,18,20-21,23,28,30,34,36,40,42,50,52-57,59-63H,3-5,7,9-11,13,15-17,19,22,24-27,29,31-33,35,37-39,41,43-49H2,1-2H3,(H,64,65)/b8-6-,14-12-,20-18-,23-21-,30-28-,36-34-,42-40-. The Bertz CT molecular complexity index is 1480. The summed E-state index contributed by atoms with van der Waals surface area (Å²) in [5.41, 5.74) is 0. The number of allylic oxidation sites excluding steroid dienone is 14. The Morgan fingerprint density at radius 1 is 0.471 bits per heavy atom. The van der Waals surface area contributed by atoms with Gasteiger partial charge in [-0.3, -0.25) is 13.8 Å². The fourth-order valence-electron chi connectivity index (χ4n) is 7.97. The van der Waals surface area contributed by atoms with Crippen LogP contribution in [0.3, 0.4) is 0 Å². The van der Waals surface area contributed by atoms with Gasteiger partial charge in [-0.1, -0.05) is 208 Å². The number of aliphatic hydroxyl groups excluding tert-OH is 5. The van der Waals surface area contributed by atoms with Crippen LogP contribution in [0.15, 0.2) is 85.1 Å². The van der Waals surface area contributed by atoms with E-state index in [1.165, 1.54) is 122 Å². The molecule has 1 fully saturated rings. The second-order valence-corrected chi connectivity index (χ2v) is 20.1. The summed E-state index contributed by atoms with van der Waals surface area (Å²) in [6, 6.07) is 0. The minimum atomic E-state index is -5.05. The number of hydrogen-bond acceptors (Lipinski definition) is 11. The summed E-state index contributed by atoms with van der Waals surface area (Å²) >= 11 is 0. The Hall–Kier alpha value is -2.48. The van der Waals surface area contributed by atoms with E-state index in [0.29, 0.717) is 19.4 Å². The summed E-state index contributed by atoms with van der Waals surface area (Å²) in [4.78, 5) is 23.2. The van der Waals surface area contributed by atoms with E-state index < -0.39 is 63.1 Å². The maximum Gasteiger partial charge on any atom is 0.472 e. The minimum absolute atomic E-state index is 0.0574. The summed E-state index contributed by atoms with van der Waals surface area (Å²) in [7, 11) is -5.05. The van der Waals surface area contributed by atoms with Crippen molar-refractivity contribution in [1.82, 2.24) is 0 Å². The number of phosphoric ester groups is 1. The molecule has 404 valence electrons. The Balaban J connectivity index is 2.35. The monoisotopic (exact) mass is 1010 g/mol. The molecular formula is C57H99O12P. The quantitative estimate of drug-likeness (QED) is 0.0147. The van der Waals surface area contributed by atoms with Gasteiger partial charge in [-0.05, 0) is 77.0 Å². The maximum absolute atomic E-state index is 12.9. The summed E-state index contributed by atoms with van der Waals surface area (Å²) in [5.74, 6) is -0.559. The molecule has 1 aliphatic rings. The Labute approximate surface area is 424 Å². The van der Waals surface area contributed by atoms with Gasteiger partial charge in [-0.2, -0.15) is 0 Å². The molecule has 70 heavy (non-hydrogen) atoms. The molecule has 1 aliphatic carbocycles. The van der Waals surface area contributed by atoms with Crippen molar-refractivity contribution < 1.29 is 58.3 Å². The fourth-order valence-corrected chi connectivity index (χ4v) is 8.94. The van der Waals surface area contributed by atoms with Crippen molar-refractivity contribution in [2.24, 2.45) is 0 Å². The summed E-state index contributed by atoms with van der Waals surface area (Å²) in [5, 5.41) is 50.4. The SMILES string of the molecule is CC/C=C\C/C=C\C/C=C\C/C=C\C/C=C\C/C=C\CCC(=O)OC(COCCCCCCCCCCCCCC/C=C\CCCCCCCCCC)COP(=O)(O)OC1C(O)C(O)C(O)C(O)C1O. The van der Waals surface area contributed by atoms with E-state index in [9.17, 15) is 39.8 Å². The molecule has 0 heterocycles. The van der Waals surface area contributed by atoms with Gasteiger partial charge in [0, 0.05) is 13.0 Å². The zero-order valence-corrected chi connectivity index (χ0v) is 44.4. The normalized spacial score (nSPS) is 21.5. The lowest BCUT2D eigenvalue weighted by Gasteiger charge is -2.41. The van der Waals surface area contributed by atoms with Crippen LogP contribution in [0.1, 0.15) is 206 Å². The Morgan fingerprint density at radius 3 is 1.29 bits per heavy atom. The molecule has 1 saturated carbocycles. The molecule has 0 aromatic heterocycles. The number of aliphatic hydroxyl groups is 5. The average Bonchev–Trinajstić information content (AvgIpc) is 3.35. The highest BCUT2D eigenvalue weighted by molar-refractivity contribution is 7.47. The largest absolute Gasteiger partial charge is 0.472 e. The van der Waals surface area contributed by atoms with Crippen molar-refractivity contribution in [2.45, 2.75) is 249 Å². The lowest BCUT2D eigenvalue weighted by atomic mass is 9.85. The number of esters is 1. The second-order valence-electron chi connectivity index (χ2n) is 18.7. The number of unbranched alkanes of at least 4 members (excludes halogenated alkanes) is 20. The third-order valence-electron chi connectivity index (χ3n) is 12.3. The highest BCUT2D eigenvalue weighted by Gasteiger charge is 2.51. The van der Waals surface area contributed by atoms with Crippen LogP contribution in [-0.2, 0) is 27.9 Å². The predicted octanol–water partition coefficient (Wildman–Crippen LogP) is 12.9. The number of ether oxygens (including phenoxy) is 2. The molecule has 0 aromatic carbocycles. The van der Waals surface area contributed by atoms with Gasteiger partial charge in [0.05, 0.1) is 13.2 Å². The van der Waals surface area contributed by atoms with E-state index in [1.807, 2.05) is 12.2 Å². The van der Waals surface area contributed by atoms with E-state index in [1.54, 1.807) is 0 Å². The van der Waals surface area contributed by atoms with Gasteiger partial charge in [0.15, 0.2) is 0 Å². The molecule has 0 bridgehead atoms. The molecule has 0 aromatic rings. The second kappa shape index (κ2) is 46.3. The van der Waals surface area contributed by atoms with Crippen LogP contribution in [0, 0.1) is 0 Å². The third-order valence-corrected chi connectivity index (χ3v) is 13.3. The molecule has 6 N–H and O–H groups in total. The molecular weight excluding hydrogens is 908 g/mol. The van der Waals surface area contributed by atoms with Crippen molar-refractivity contribution in [3.8, 4) is 0 Å². The Kier molecular flexibility index (Phi) is 43.4. The first-order chi connectivity index (χ1) is 34.0. The topological polar surface area (TPSA) is 192 Å². The molecule has 6 unspecified atom stereocenters. The summed E-state index contributed by atoms with van der Waals surface area (Å²) < 4.78 is 34.3. The molecule has 0 spiro atoms.